The lowest BCUT2D eigenvalue weighted by Gasteiger charge is -2.14. The summed E-state index contributed by atoms with van der Waals surface area (Å²) in [6.07, 6.45) is 0.535. The molecule has 1 unspecified atom stereocenters. The number of nitrogens with two attached hydrogens (primary N) is 1. The highest BCUT2D eigenvalue weighted by Crippen LogP contribution is 2.28. The molecule has 2 aromatic rings. The summed E-state index contributed by atoms with van der Waals surface area (Å²) in [6, 6.07) is 9.64. The summed E-state index contributed by atoms with van der Waals surface area (Å²) < 4.78 is 13.8. The third-order valence-electron chi connectivity index (χ3n) is 2.83. The van der Waals surface area contributed by atoms with Crippen LogP contribution in [-0.4, -0.2) is 0 Å². The van der Waals surface area contributed by atoms with E-state index in [0.717, 1.165) is 15.6 Å². The monoisotopic (exact) mass is 361 g/mol. The van der Waals surface area contributed by atoms with Gasteiger partial charge in [-0.1, -0.05) is 35.3 Å². The van der Waals surface area contributed by atoms with Gasteiger partial charge in [-0.2, -0.15) is 0 Å². The van der Waals surface area contributed by atoms with E-state index in [1.165, 1.54) is 12.1 Å². The minimum absolute atomic E-state index is 0.225. The average Bonchev–Trinajstić information content (AvgIpc) is 2.36. The second-order valence-corrected chi connectivity index (χ2v) is 5.89. The van der Waals surface area contributed by atoms with Gasteiger partial charge in [0.1, 0.15) is 5.82 Å². The maximum atomic E-state index is 13.0. The van der Waals surface area contributed by atoms with Gasteiger partial charge >= 0.3 is 0 Å². The molecular formula is C14H11BrCl2FN. The predicted octanol–water partition coefficient (Wildman–Crippen LogP) is 5.14. The van der Waals surface area contributed by atoms with Crippen molar-refractivity contribution in [1.82, 2.24) is 0 Å². The molecule has 0 saturated heterocycles. The van der Waals surface area contributed by atoms with E-state index in [0.29, 0.717) is 16.5 Å². The normalized spacial score (nSPS) is 12.5. The molecular weight excluding hydrogens is 352 g/mol. The van der Waals surface area contributed by atoms with Gasteiger partial charge in [0.2, 0.25) is 0 Å². The quantitative estimate of drug-likeness (QED) is 0.803. The molecule has 0 bridgehead atoms. The zero-order valence-electron chi connectivity index (χ0n) is 9.84. The SMILES string of the molecule is NC(Cc1ccc(F)cc1Cl)c1ccc(Cl)c(Br)c1. The predicted molar refractivity (Wildman–Crippen MR) is 81.2 cm³/mol. The van der Waals surface area contributed by atoms with E-state index in [1.54, 1.807) is 12.1 Å². The Kier molecular flexibility index (Phi) is 4.85. The number of hydrogen-bond acceptors (Lipinski definition) is 1. The molecule has 0 aliphatic carbocycles. The van der Waals surface area contributed by atoms with E-state index in [4.69, 9.17) is 28.9 Å². The van der Waals surface area contributed by atoms with Crippen molar-refractivity contribution >= 4 is 39.1 Å². The first-order valence-electron chi connectivity index (χ1n) is 5.62. The summed E-state index contributed by atoms with van der Waals surface area (Å²) in [6.45, 7) is 0. The summed E-state index contributed by atoms with van der Waals surface area (Å²) >= 11 is 15.3. The summed E-state index contributed by atoms with van der Waals surface area (Å²) in [5.41, 5.74) is 7.90. The van der Waals surface area contributed by atoms with Gasteiger partial charge < -0.3 is 5.73 Å². The van der Waals surface area contributed by atoms with Crippen molar-refractivity contribution in [2.45, 2.75) is 12.5 Å². The van der Waals surface area contributed by atoms with Gasteiger partial charge in [0.15, 0.2) is 0 Å². The van der Waals surface area contributed by atoms with Crippen molar-refractivity contribution < 1.29 is 4.39 Å². The Bertz CT molecular complexity index is 604. The Labute approximate surface area is 129 Å². The molecule has 0 fully saturated rings. The largest absolute Gasteiger partial charge is 0.324 e. The number of rotatable bonds is 3. The fraction of sp³-hybridized carbons (Fsp3) is 0.143. The third kappa shape index (κ3) is 3.69. The minimum atomic E-state index is -0.350. The van der Waals surface area contributed by atoms with Gasteiger partial charge in [0, 0.05) is 15.5 Å². The van der Waals surface area contributed by atoms with Crippen LogP contribution in [0.5, 0.6) is 0 Å². The molecule has 2 rings (SSSR count). The molecule has 1 nitrogen and oxygen atoms in total. The second-order valence-electron chi connectivity index (χ2n) is 4.22. The van der Waals surface area contributed by atoms with Crippen LogP contribution < -0.4 is 5.73 Å². The molecule has 0 saturated carbocycles. The van der Waals surface area contributed by atoms with Gasteiger partial charge in [0.05, 0.1) is 5.02 Å². The van der Waals surface area contributed by atoms with Crippen LogP contribution in [0, 0.1) is 5.82 Å². The van der Waals surface area contributed by atoms with Gasteiger partial charge in [-0.05, 0) is 57.7 Å². The topological polar surface area (TPSA) is 26.0 Å². The number of halogens is 4. The highest BCUT2D eigenvalue weighted by Gasteiger charge is 2.11. The van der Waals surface area contributed by atoms with Crippen LogP contribution >= 0.6 is 39.1 Å². The van der Waals surface area contributed by atoms with Crippen molar-refractivity contribution in [1.29, 1.82) is 0 Å². The lowest BCUT2D eigenvalue weighted by atomic mass is 10.00. The van der Waals surface area contributed by atoms with Gasteiger partial charge in [-0.25, -0.2) is 4.39 Å². The van der Waals surface area contributed by atoms with Crippen LogP contribution in [0.4, 0.5) is 4.39 Å². The third-order valence-corrected chi connectivity index (χ3v) is 4.39. The number of hydrogen-bond donors (Lipinski definition) is 1. The molecule has 0 aromatic heterocycles. The van der Waals surface area contributed by atoms with Crippen LogP contribution in [0.1, 0.15) is 17.2 Å². The number of benzene rings is 2. The molecule has 5 heteroatoms. The highest BCUT2D eigenvalue weighted by molar-refractivity contribution is 9.10. The molecule has 0 aliphatic heterocycles. The standard InChI is InChI=1S/C14H11BrCl2FN/c15-11-5-9(2-4-12(11)16)14(19)6-8-1-3-10(18)7-13(8)17/h1-5,7,14H,6,19H2. The molecule has 1 atom stereocenters. The molecule has 0 radical (unpaired) electrons. The minimum Gasteiger partial charge on any atom is -0.324 e. The van der Waals surface area contributed by atoms with Crippen LogP contribution in [0.25, 0.3) is 0 Å². The fourth-order valence-electron chi connectivity index (χ4n) is 1.79. The van der Waals surface area contributed by atoms with Crippen LogP contribution in [0.3, 0.4) is 0 Å². The molecule has 19 heavy (non-hydrogen) atoms. The first-order chi connectivity index (χ1) is 8.97. The van der Waals surface area contributed by atoms with Crippen molar-refractivity contribution in [3.63, 3.8) is 0 Å². The maximum absolute atomic E-state index is 13.0. The van der Waals surface area contributed by atoms with E-state index in [1.807, 2.05) is 12.1 Å². The van der Waals surface area contributed by atoms with Crippen molar-refractivity contribution in [3.8, 4) is 0 Å². The van der Waals surface area contributed by atoms with Gasteiger partial charge in [-0.15, -0.1) is 0 Å². The Hall–Kier alpha value is -0.610. The summed E-state index contributed by atoms with van der Waals surface area (Å²) in [5.74, 6) is -0.350. The first kappa shape index (κ1) is 14.8. The highest BCUT2D eigenvalue weighted by atomic mass is 79.9. The molecule has 0 amide bonds. The average molecular weight is 363 g/mol. The zero-order chi connectivity index (χ0) is 14.0. The van der Waals surface area contributed by atoms with Crippen LogP contribution in [-0.2, 0) is 6.42 Å². The molecule has 2 aromatic carbocycles. The summed E-state index contributed by atoms with van der Waals surface area (Å²) in [5, 5.41) is 1.03. The van der Waals surface area contributed by atoms with Crippen LogP contribution in [0.2, 0.25) is 10.0 Å². The van der Waals surface area contributed by atoms with Crippen molar-refractivity contribution in [3.05, 3.63) is 67.9 Å². The van der Waals surface area contributed by atoms with E-state index in [2.05, 4.69) is 15.9 Å². The molecule has 2 N–H and O–H groups in total. The van der Waals surface area contributed by atoms with E-state index >= 15 is 0 Å². The maximum Gasteiger partial charge on any atom is 0.124 e. The van der Waals surface area contributed by atoms with E-state index < -0.39 is 0 Å². The smallest absolute Gasteiger partial charge is 0.124 e. The molecule has 100 valence electrons. The second kappa shape index (κ2) is 6.23. The molecule has 0 spiro atoms. The van der Waals surface area contributed by atoms with Crippen molar-refractivity contribution in [2.75, 3.05) is 0 Å². The fourth-order valence-corrected chi connectivity index (χ4v) is 2.54. The Morgan fingerprint density at radius 1 is 1.11 bits per heavy atom. The summed E-state index contributed by atoms with van der Waals surface area (Å²) in [7, 11) is 0. The molecule has 0 aliphatic rings. The van der Waals surface area contributed by atoms with Crippen molar-refractivity contribution in [2.24, 2.45) is 5.73 Å². The van der Waals surface area contributed by atoms with Gasteiger partial charge in [-0.3, -0.25) is 0 Å². The first-order valence-corrected chi connectivity index (χ1v) is 7.16. The van der Waals surface area contributed by atoms with E-state index in [-0.39, 0.29) is 11.9 Å². The lowest BCUT2D eigenvalue weighted by Crippen LogP contribution is -2.13. The molecule has 0 heterocycles. The zero-order valence-corrected chi connectivity index (χ0v) is 12.9. The summed E-state index contributed by atoms with van der Waals surface area (Å²) in [4.78, 5) is 0. The van der Waals surface area contributed by atoms with Crippen LogP contribution in [0.15, 0.2) is 40.9 Å². The van der Waals surface area contributed by atoms with Gasteiger partial charge in [0.25, 0.3) is 0 Å². The Morgan fingerprint density at radius 3 is 2.47 bits per heavy atom. The Morgan fingerprint density at radius 2 is 1.84 bits per heavy atom. The van der Waals surface area contributed by atoms with E-state index in [9.17, 15) is 4.39 Å². The lowest BCUT2D eigenvalue weighted by molar-refractivity contribution is 0.625. The Balaban J connectivity index is 2.20.